The third-order valence-electron chi connectivity index (χ3n) is 10.3. The maximum absolute atomic E-state index is 12.8. The van der Waals surface area contributed by atoms with Crippen LogP contribution in [0.1, 0.15) is 201 Å². The van der Waals surface area contributed by atoms with Gasteiger partial charge in [0, 0.05) is 19.3 Å². The molecule has 0 saturated carbocycles. The molecule has 0 aromatic carbocycles. The lowest BCUT2D eigenvalue weighted by atomic mass is 10.1. The smallest absolute Gasteiger partial charge is 0.306 e. The van der Waals surface area contributed by atoms with Crippen molar-refractivity contribution in [1.82, 2.24) is 0 Å². The van der Waals surface area contributed by atoms with Crippen LogP contribution in [-0.4, -0.2) is 37.2 Å². The molecule has 0 bridgehead atoms. The van der Waals surface area contributed by atoms with Crippen molar-refractivity contribution in [3.8, 4) is 0 Å². The first kappa shape index (κ1) is 62.3. The van der Waals surface area contributed by atoms with E-state index in [1.165, 1.54) is 25.7 Å². The molecule has 6 nitrogen and oxygen atoms in total. The summed E-state index contributed by atoms with van der Waals surface area (Å²) in [5.74, 6) is -1.06. The Morgan fingerprint density at radius 1 is 0.313 bits per heavy atom. The van der Waals surface area contributed by atoms with Gasteiger partial charge in [-0.3, -0.25) is 14.4 Å². The number of unbranched alkanes of at least 4 members (excludes halogenated alkanes) is 10. The van der Waals surface area contributed by atoms with Gasteiger partial charge < -0.3 is 14.2 Å². The third-order valence-corrected chi connectivity index (χ3v) is 10.3. The Labute approximate surface area is 410 Å². The molecule has 0 aliphatic carbocycles. The Balaban J connectivity index is 4.62. The number of ether oxygens (including phenoxy) is 3. The predicted octanol–water partition coefficient (Wildman–Crippen LogP) is 17.6. The van der Waals surface area contributed by atoms with E-state index in [4.69, 9.17) is 14.2 Å². The van der Waals surface area contributed by atoms with Crippen LogP contribution in [0.4, 0.5) is 0 Å². The summed E-state index contributed by atoms with van der Waals surface area (Å²) in [6, 6.07) is 0. The van der Waals surface area contributed by atoms with E-state index in [1.807, 2.05) is 0 Å². The Morgan fingerprint density at radius 2 is 0.597 bits per heavy atom. The summed E-state index contributed by atoms with van der Waals surface area (Å²) in [6.07, 6.45) is 76.9. The zero-order valence-electron chi connectivity index (χ0n) is 42.6. The Morgan fingerprint density at radius 3 is 0.985 bits per heavy atom. The Hall–Kier alpha value is -4.71. The van der Waals surface area contributed by atoms with E-state index in [9.17, 15) is 14.4 Å². The highest BCUT2D eigenvalue weighted by Crippen LogP contribution is 2.11. The fourth-order valence-corrected chi connectivity index (χ4v) is 6.41. The largest absolute Gasteiger partial charge is 0.462 e. The molecule has 0 heterocycles. The number of carbonyl (C=O) groups is 3. The van der Waals surface area contributed by atoms with Gasteiger partial charge in [-0.05, 0) is 135 Å². The fraction of sp³-hybridized carbons (Fsp3) is 0.557. The molecule has 0 N–H and O–H groups in total. The highest BCUT2D eigenvalue weighted by atomic mass is 16.6. The van der Waals surface area contributed by atoms with Gasteiger partial charge in [-0.25, -0.2) is 0 Å². The van der Waals surface area contributed by atoms with Crippen molar-refractivity contribution in [3.05, 3.63) is 146 Å². The van der Waals surface area contributed by atoms with Crippen LogP contribution in [0.5, 0.6) is 0 Å². The number of esters is 3. The van der Waals surface area contributed by atoms with E-state index in [1.54, 1.807) is 0 Å². The number of allylic oxidation sites excluding steroid dienone is 24. The van der Waals surface area contributed by atoms with Crippen LogP contribution in [0.2, 0.25) is 0 Å². The molecule has 0 radical (unpaired) electrons. The number of hydrogen-bond acceptors (Lipinski definition) is 6. The first-order valence-electron chi connectivity index (χ1n) is 26.3. The summed E-state index contributed by atoms with van der Waals surface area (Å²) >= 11 is 0. The first-order valence-corrected chi connectivity index (χ1v) is 26.3. The van der Waals surface area contributed by atoms with Crippen LogP contribution in [0.15, 0.2) is 146 Å². The molecule has 0 unspecified atom stereocenters. The summed E-state index contributed by atoms with van der Waals surface area (Å²) in [7, 11) is 0. The topological polar surface area (TPSA) is 78.9 Å². The minimum Gasteiger partial charge on any atom is -0.462 e. The van der Waals surface area contributed by atoms with Gasteiger partial charge in [0.25, 0.3) is 0 Å². The van der Waals surface area contributed by atoms with E-state index in [2.05, 4.69) is 167 Å². The highest BCUT2D eigenvalue weighted by molar-refractivity contribution is 5.71. The maximum Gasteiger partial charge on any atom is 0.306 e. The summed E-state index contributed by atoms with van der Waals surface area (Å²) in [5, 5.41) is 0. The standard InChI is InChI=1S/C61H94O6/c1-4-7-10-13-16-19-22-25-28-30-33-36-39-42-45-48-51-54-60(63)66-57-58(56-65-59(62)53-50-47-44-41-38-35-32-27-24-21-18-15-12-9-6-3)67-61(64)55-52-49-46-43-40-37-34-31-29-26-23-20-17-14-11-8-5-2/h8-9,11-12,16-21,25-29,32-34,36-38,41-42,45,58H,4-7,10,13-15,22-24,30-31,35,39-40,43-44,46-57H2,1-3H3/b11-8-,12-9-,19-16-,20-17-,21-18-,28-25-,29-26-,32-27-,36-33-,37-34-,41-38-,45-42-/t58-/m1/s1. The molecule has 6 heteroatoms. The van der Waals surface area contributed by atoms with E-state index in [-0.39, 0.29) is 50.4 Å². The van der Waals surface area contributed by atoms with Crippen molar-refractivity contribution in [2.24, 2.45) is 0 Å². The third kappa shape index (κ3) is 52.1. The average Bonchev–Trinajstić information content (AvgIpc) is 3.33. The molecule has 374 valence electrons. The van der Waals surface area contributed by atoms with Crippen molar-refractivity contribution in [1.29, 1.82) is 0 Å². The van der Waals surface area contributed by atoms with Crippen LogP contribution in [0, 0.1) is 0 Å². The molecule has 67 heavy (non-hydrogen) atoms. The molecule has 0 amide bonds. The van der Waals surface area contributed by atoms with Crippen molar-refractivity contribution in [2.45, 2.75) is 207 Å². The van der Waals surface area contributed by atoms with Gasteiger partial charge in [0.05, 0.1) is 0 Å². The molecule has 0 aliphatic heterocycles. The fourth-order valence-electron chi connectivity index (χ4n) is 6.41. The Kier molecular flexibility index (Phi) is 50.1. The second kappa shape index (κ2) is 53.9. The first-order chi connectivity index (χ1) is 33.0. The van der Waals surface area contributed by atoms with Crippen molar-refractivity contribution in [2.75, 3.05) is 13.2 Å². The molecule has 0 spiro atoms. The SMILES string of the molecule is CC/C=C\C/C=C\C/C=C\C/C=C\CCCCCCC(=O)O[C@@H](COC(=O)CCC/C=C\C/C=C\C/C=C\C/C=C\CCCCC)COC(=O)CCCC/C=C\C/C=C\C/C=C\C/C=C\CC. The predicted molar refractivity (Wildman–Crippen MR) is 288 cm³/mol. The van der Waals surface area contributed by atoms with E-state index in [0.717, 1.165) is 122 Å². The number of hydrogen-bond donors (Lipinski definition) is 0. The number of carbonyl (C=O) groups excluding carboxylic acids is 3. The Bertz CT molecular complexity index is 1530. The zero-order chi connectivity index (χ0) is 48.6. The molecule has 0 aromatic rings. The van der Waals surface area contributed by atoms with Gasteiger partial charge in [0.1, 0.15) is 13.2 Å². The van der Waals surface area contributed by atoms with Crippen LogP contribution < -0.4 is 0 Å². The normalized spacial score (nSPS) is 13.3. The number of rotatable bonds is 45. The van der Waals surface area contributed by atoms with Crippen LogP contribution in [0.3, 0.4) is 0 Å². The minimum absolute atomic E-state index is 0.133. The van der Waals surface area contributed by atoms with Gasteiger partial charge in [-0.2, -0.15) is 0 Å². The van der Waals surface area contributed by atoms with Gasteiger partial charge in [-0.1, -0.05) is 192 Å². The average molecular weight is 923 g/mol. The highest BCUT2D eigenvalue weighted by Gasteiger charge is 2.19. The molecule has 0 rings (SSSR count). The van der Waals surface area contributed by atoms with E-state index < -0.39 is 6.10 Å². The molecule has 0 saturated heterocycles. The van der Waals surface area contributed by atoms with Crippen LogP contribution in [-0.2, 0) is 28.6 Å². The van der Waals surface area contributed by atoms with E-state index in [0.29, 0.717) is 12.8 Å². The van der Waals surface area contributed by atoms with Crippen molar-refractivity contribution >= 4 is 17.9 Å². The van der Waals surface area contributed by atoms with Gasteiger partial charge in [0.2, 0.25) is 0 Å². The zero-order valence-corrected chi connectivity index (χ0v) is 42.6. The lowest BCUT2D eigenvalue weighted by Crippen LogP contribution is -2.30. The molecular formula is C61H94O6. The molecular weight excluding hydrogens is 829 g/mol. The molecule has 0 aliphatic rings. The van der Waals surface area contributed by atoms with Gasteiger partial charge in [-0.15, -0.1) is 0 Å². The monoisotopic (exact) mass is 923 g/mol. The van der Waals surface area contributed by atoms with Crippen molar-refractivity contribution in [3.63, 3.8) is 0 Å². The molecule has 0 aromatic heterocycles. The van der Waals surface area contributed by atoms with E-state index >= 15 is 0 Å². The summed E-state index contributed by atoms with van der Waals surface area (Å²) in [6.45, 7) is 6.25. The lowest BCUT2D eigenvalue weighted by molar-refractivity contribution is -0.167. The second-order valence-corrected chi connectivity index (χ2v) is 16.7. The maximum atomic E-state index is 12.8. The molecule has 1 atom stereocenters. The summed E-state index contributed by atoms with van der Waals surface area (Å²) in [4.78, 5) is 38.0. The van der Waals surface area contributed by atoms with Crippen LogP contribution in [0.25, 0.3) is 0 Å². The van der Waals surface area contributed by atoms with Crippen LogP contribution >= 0.6 is 0 Å². The van der Waals surface area contributed by atoms with Gasteiger partial charge in [0.15, 0.2) is 6.10 Å². The quantitative estimate of drug-likeness (QED) is 0.0262. The van der Waals surface area contributed by atoms with Gasteiger partial charge >= 0.3 is 17.9 Å². The molecule has 0 fully saturated rings. The minimum atomic E-state index is -0.837. The summed E-state index contributed by atoms with van der Waals surface area (Å²) in [5.41, 5.74) is 0. The van der Waals surface area contributed by atoms with Crippen molar-refractivity contribution < 1.29 is 28.6 Å². The lowest BCUT2D eigenvalue weighted by Gasteiger charge is -2.18. The second-order valence-electron chi connectivity index (χ2n) is 16.7. The summed E-state index contributed by atoms with van der Waals surface area (Å²) < 4.78 is 16.7.